The molecule has 2 aromatic rings. The minimum absolute atomic E-state index is 0.715. The summed E-state index contributed by atoms with van der Waals surface area (Å²) in [6.07, 6.45) is 0. The highest BCUT2D eigenvalue weighted by molar-refractivity contribution is 5.79. The van der Waals surface area contributed by atoms with Crippen molar-refractivity contribution in [1.82, 2.24) is 25.3 Å². The molecule has 0 amide bonds. The molecule has 2 rings (SSSR count). The quantitative estimate of drug-likeness (QED) is 0.554. The van der Waals surface area contributed by atoms with E-state index in [0.717, 1.165) is 37.8 Å². The van der Waals surface area contributed by atoms with Crippen molar-refractivity contribution in [3.8, 4) is 0 Å². The van der Waals surface area contributed by atoms with Gasteiger partial charge in [0.15, 0.2) is 5.96 Å². The van der Waals surface area contributed by atoms with E-state index in [-0.39, 0.29) is 0 Å². The first kappa shape index (κ1) is 21.0. The number of nitrogens with one attached hydrogen (secondary N) is 2. The summed E-state index contributed by atoms with van der Waals surface area (Å²) in [7, 11) is 3.78. The van der Waals surface area contributed by atoms with Crippen LogP contribution in [-0.4, -0.2) is 40.8 Å². The van der Waals surface area contributed by atoms with Crippen molar-refractivity contribution in [1.29, 1.82) is 0 Å². The molecule has 1 aromatic carbocycles. The number of aromatic nitrogens is 2. The molecule has 0 spiro atoms. The third kappa shape index (κ3) is 5.82. The fourth-order valence-electron chi connectivity index (χ4n) is 3.20. The lowest BCUT2D eigenvalue weighted by molar-refractivity contribution is 0.296. The van der Waals surface area contributed by atoms with Crippen molar-refractivity contribution in [2.45, 2.75) is 47.3 Å². The second-order valence-corrected chi connectivity index (χ2v) is 6.83. The van der Waals surface area contributed by atoms with Crippen molar-refractivity contribution < 1.29 is 0 Å². The van der Waals surface area contributed by atoms with Crippen LogP contribution in [0.2, 0.25) is 0 Å². The molecule has 1 aromatic heterocycles. The Balaban J connectivity index is 1.92. The van der Waals surface area contributed by atoms with E-state index < -0.39 is 0 Å². The van der Waals surface area contributed by atoms with Crippen LogP contribution >= 0.6 is 0 Å². The van der Waals surface area contributed by atoms with Gasteiger partial charge < -0.3 is 10.6 Å². The fraction of sp³-hybridized carbons (Fsp3) is 0.524. The Bertz CT molecular complexity index is 758. The van der Waals surface area contributed by atoms with Crippen LogP contribution in [0.3, 0.4) is 0 Å². The van der Waals surface area contributed by atoms with Gasteiger partial charge in [0.25, 0.3) is 0 Å². The molecule has 6 nitrogen and oxygen atoms in total. The van der Waals surface area contributed by atoms with Crippen LogP contribution in [-0.2, 0) is 26.7 Å². The van der Waals surface area contributed by atoms with Gasteiger partial charge in [0.05, 0.1) is 5.69 Å². The lowest BCUT2D eigenvalue weighted by Gasteiger charge is -2.18. The molecule has 27 heavy (non-hydrogen) atoms. The molecule has 0 atom stereocenters. The molecule has 0 aliphatic rings. The minimum atomic E-state index is 0.715. The van der Waals surface area contributed by atoms with E-state index in [1.807, 2.05) is 18.7 Å². The monoisotopic (exact) mass is 370 g/mol. The Labute approximate surface area is 163 Å². The summed E-state index contributed by atoms with van der Waals surface area (Å²) in [4.78, 5) is 6.76. The van der Waals surface area contributed by atoms with Crippen molar-refractivity contribution in [2.24, 2.45) is 12.0 Å². The summed E-state index contributed by atoms with van der Waals surface area (Å²) in [5.41, 5.74) is 6.07. The molecule has 0 saturated heterocycles. The molecular weight excluding hydrogens is 336 g/mol. The maximum Gasteiger partial charge on any atom is 0.191 e. The molecule has 6 heteroatoms. The predicted octanol–water partition coefficient (Wildman–Crippen LogP) is 2.74. The smallest absolute Gasteiger partial charge is 0.191 e. The van der Waals surface area contributed by atoms with Gasteiger partial charge in [-0.05, 0) is 38.1 Å². The van der Waals surface area contributed by atoms with Crippen molar-refractivity contribution >= 4 is 5.96 Å². The zero-order valence-electron chi connectivity index (χ0n) is 17.6. The average molecular weight is 371 g/mol. The average Bonchev–Trinajstić information content (AvgIpc) is 2.92. The van der Waals surface area contributed by atoms with Crippen molar-refractivity contribution in [3.05, 3.63) is 52.3 Å². The molecular formula is C21H34N6. The van der Waals surface area contributed by atoms with Crippen molar-refractivity contribution in [2.75, 3.05) is 20.1 Å². The van der Waals surface area contributed by atoms with Crippen LogP contribution in [0.1, 0.15) is 41.9 Å². The molecule has 1 heterocycles. The standard InChI is InChI=1S/C21H34N6/c1-7-27(8-2)15-19-11-9-10-18(12-19)13-23-21(22-5)24-14-20-16(3)25-26(6)17(20)4/h9-12H,7-8,13-15H2,1-6H3,(H2,22,23,24). The maximum atomic E-state index is 4.47. The van der Waals surface area contributed by atoms with Crippen LogP contribution < -0.4 is 10.6 Å². The first-order chi connectivity index (χ1) is 13.0. The van der Waals surface area contributed by atoms with E-state index in [2.05, 4.69) is 70.7 Å². The van der Waals surface area contributed by atoms with E-state index in [9.17, 15) is 0 Å². The van der Waals surface area contributed by atoms with E-state index >= 15 is 0 Å². The molecule has 0 saturated carbocycles. The first-order valence-corrected chi connectivity index (χ1v) is 9.72. The number of nitrogens with zero attached hydrogens (tertiary/aromatic N) is 4. The summed E-state index contributed by atoms with van der Waals surface area (Å²) in [5, 5.41) is 11.3. The topological polar surface area (TPSA) is 57.5 Å². The van der Waals surface area contributed by atoms with Crippen LogP contribution in [0, 0.1) is 13.8 Å². The van der Waals surface area contributed by atoms with Crippen LogP contribution in [0.15, 0.2) is 29.3 Å². The zero-order chi connectivity index (χ0) is 19.8. The Morgan fingerprint density at radius 1 is 1.11 bits per heavy atom. The van der Waals surface area contributed by atoms with Gasteiger partial charge in [0, 0.05) is 45.0 Å². The number of benzene rings is 1. The normalized spacial score (nSPS) is 11.9. The van der Waals surface area contributed by atoms with E-state index in [1.165, 1.54) is 22.4 Å². The Morgan fingerprint density at radius 3 is 2.37 bits per heavy atom. The highest BCUT2D eigenvalue weighted by Gasteiger charge is 2.10. The number of hydrogen-bond acceptors (Lipinski definition) is 3. The van der Waals surface area contributed by atoms with Crippen LogP contribution in [0.5, 0.6) is 0 Å². The largest absolute Gasteiger partial charge is 0.352 e. The summed E-state index contributed by atoms with van der Waals surface area (Å²) in [6, 6.07) is 8.76. The number of rotatable bonds is 8. The Morgan fingerprint density at radius 2 is 1.78 bits per heavy atom. The summed E-state index contributed by atoms with van der Waals surface area (Å²) in [5.74, 6) is 0.798. The van der Waals surface area contributed by atoms with Gasteiger partial charge in [-0.1, -0.05) is 38.1 Å². The van der Waals surface area contributed by atoms with Gasteiger partial charge in [-0.3, -0.25) is 14.6 Å². The van der Waals surface area contributed by atoms with Gasteiger partial charge >= 0.3 is 0 Å². The highest BCUT2D eigenvalue weighted by Crippen LogP contribution is 2.11. The summed E-state index contributed by atoms with van der Waals surface area (Å²) < 4.78 is 1.92. The van der Waals surface area contributed by atoms with E-state index in [0.29, 0.717) is 6.54 Å². The number of aryl methyl sites for hydroxylation is 2. The van der Waals surface area contributed by atoms with Gasteiger partial charge in [0.1, 0.15) is 0 Å². The predicted molar refractivity (Wildman–Crippen MR) is 113 cm³/mol. The zero-order valence-corrected chi connectivity index (χ0v) is 17.6. The molecule has 0 aliphatic carbocycles. The number of guanidine groups is 1. The molecule has 0 aliphatic heterocycles. The van der Waals surface area contributed by atoms with Gasteiger partial charge in [-0.25, -0.2) is 0 Å². The molecule has 0 bridgehead atoms. The maximum absolute atomic E-state index is 4.47. The Kier molecular flexibility index (Phi) is 7.85. The highest BCUT2D eigenvalue weighted by atomic mass is 15.3. The van der Waals surface area contributed by atoms with Gasteiger partial charge in [0.2, 0.25) is 0 Å². The van der Waals surface area contributed by atoms with E-state index in [1.54, 1.807) is 7.05 Å². The van der Waals surface area contributed by atoms with E-state index in [4.69, 9.17) is 0 Å². The molecule has 0 fully saturated rings. The Hall–Kier alpha value is -2.34. The molecule has 148 valence electrons. The van der Waals surface area contributed by atoms with Gasteiger partial charge in [-0.2, -0.15) is 5.10 Å². The molecule has 0 radical (unpaired) electrons. The first-order valence-electron chi connectivity index (χ1n) is 9.72. The fourth-order valence-corrected chi connectivity index (χ4v) is 3.20. The number of aliphatic imine (C=N–C) groups is 1. The minimum Gasteiger partial charge on any atom is -0.352 e. The second-order valence-electron chi connectivity index (χ2n) is 6.83. The number of hydrogen-bond donors (Lipinski definition) is 2. The molecule has 0 unspecified atom stereocenters. The third-order valence-electron chi connectivity index (χ3n) is 5.07. The van der Waals surface area contributed by atoms with Crippen molar-refractivity contribution in [3.63, 3.8) is 0 Å². The second kappa shape index (κ2) is 10.1. The lowest BCUT2D eigenvalue weighted by atomic mass is 10.1. The summed E-state index contributed by atoms with van der Waals surface area (Å²) >= 11 is 0. The van der Waals surface area contributed by atoms with Crippen LogP contribution in [0.25, 0.3) is 0 Å². The SMILES string of the molecule is CCN(CC)Cc1cccc(CNC(=NC)NCc2c(C)nn(C)c2C)c1. The summed E-state index contributed by atoms with van der Waals surface area (Å²) in [6.45, 7) is 13.1. The third-order valence-corrected chi connectivity index (χ3v) is 5.07. The molecule has 2 N–H and O–H groups in total. The lowest BCUT2D eigenvalue weighted by Crippen LogP contribution is -2.36. The van der Waals surface area contributed by atoms with Crippen LogP contribution in [0.4, 0.5) is 0 Å². The van der Waals surface area contributed by atoms with Gasteiger partial charge in [-0.15, -0.1) is 0 Å².